The van der Waals surface area contributed by atoms with E-state index in [0.29, 0.717) is 16.2 Å². The number of hydrogen-bond acceptors (Lipinski definition) is 5. The van der Waals surface area contributed by atoms with Crippen LogP contribution in [0.25, 0.3) is 0 Å². The second-order valence-electron chi connectivity index (χ2n) is 8.41. The van der Waals surface area contributed by atoms with E-state index in [0.717, 1.165) is 24.5 Å². The number of carbonyl (C=O) groups is 3. The molecule has 0 unspecified atom stereocenters. The molecule has 2 aromatic carbocycles. The van der Waals surface area contributed by atoms with E-state index in [4.69, 9.17) is 26.9 Å². The lowest BCUT2D eigenvalue weighted by atomic mass is 9.93. The van der Waals surface area contributed by atoms with Crippen LogP contribution in [-0.4, -0.2) is 53.9 Å². The Morgan fingerprint density at radius 2 is 1.97 bits per heavy atom. The molecule has 0 aromatic heterocycles. The Hall–Kier alpha value is -3.72. The zero-order chi connectivity index (χ0) is 25.3. The fourth-order valence-corrected chi connectivity index (χ4v) is 4.43. The second kappa shape index (κ2) is 9.87. The van der Waals surface area contributed by atoms with Gasteiger partial charge in [-0.1, -0.05) is 23.7 Å². The van der Waals surface area contributed by atoms with Crippen LogP contribution < -0.4 is 5.32 Å². The summed E-state index contributed by atoms with van der Waals surface area (Å²) in [6, 6.07) is 8.55. The minimum Gasteiger partial charge on any atom is -0.478 e. The summed E-state index contributed by atoms with van der Waals surface area (Å²) in [5.41, 5.74) is 1.19. The number of halogens is 2. The average molecular weight is 500 g/mol. The molecule has 3 N–H and O–H groups in total. The highest BCUT2D eigenvalue weighted by molar-refractivity contribution is 6.34. The molecule has 0 bridgehead atoms. The van der Waals surface area contributed by atoms with Gasteiger partial charge in [0, 0.05) is 23.4 Å². The summed E-state index contributed by atoms with van der Waals surface area (Å²) in [5, 5.41) is 20.8. The van der Waals surface area contributed by atoms with Crippen molar-refractivity contribution in [2.24, 2.45) is 0 Å². The minimum absolute atomic E-state index is 0.0613. The zero-order valence-corrected chi connectivity index (χ0v) is 19.6. The number of carboxylic acids is 1. The maximum absolute atomic E-state index is 14.7. The van der Waals surface area contributed by atoms with E-state index in [9.17, 15) is 18.8 Å². The minimum atomic E-state index is -1.29. The van der Waals surface area contributed by atoms with Gasteiger partial charge in [-0.05, 0) is 55.0 Å². The molecule has 2 aromatic rings. The molecule has 0 spiro atoms. The van der Waals surface area contributed by atoms with Gasteiger partial charge in [-0.25, -0.2) is 14.0 Å². The molecule has 1 heterocycles. The summed E-state index contributed by atoms with van der Waals surface area (Å²) in [6.45, 7) is 0.131. The third-order valence-corrected chi connectivity index (χ3v) is 6.43. The Balaban J connectivity index is 1.71. The number of aromatic carboxylic acids is 1. The summed E-state index contributed by atoms with van der Waals surface area (Å²) < 4.78 is 19.5. The number of ether oxygens (including phenoxy) is 1. The largest absolute Gasteiger partial charge is 0.478 e. The highest BCUT2D eigenvalue weighted by atomic mass is 35.5. The maximum Gasteiger partial charge on any atom is 0.409 e. The first kappa shape index (κ1) is 24.4. The van der Waals surface area contributed by atoms with Crippen LogP contribution in [0, 0.1) is 11.2 Å². The van der Waals surface area contributed by atoms with Crippen molar-refractivity contribution in [2.75, 3.05) is 20.2 Å². The van der Waals surface area contributed by atoms with E-state index >= 15 is 0 Å². The highest BCUT2D eigenvalue weighted by Gasteiger charge is 2.32. The van der Waals surface area contributed by atoms with Gasteiger partial charge in [0.15, 0.2) is 0 Å². The molecular formula is C25H23ClFN3O5. The van der Waals surface area contributed by atoms with Crippen molar-refractivity contribution in [3.63, 3.8) is 0 Å². The van der Waals surface area contributed by atoms with Gasteiger partial charge in [0.05, 0.1) is 35.5 Å². The van der Waals surface area contributed by atoms with Crippen molar-refractivity contribution >= 4 is 35.3 Å². The summed E-state index contributed by atoms with van der Waals surface area (Å²) in [7, 11) is 1.24. The monoisotopic (exact) mass is 499 g/mol. The topological polar surface area (TPSA) is 120 Å². The number of rotatable bonds is 6. The first-order valence-electron chi connectivity index (χ1n) is 11.0. The quantitative estimate of drug-likeness (QED) is 0.502. The van der Waals surface area contributed by atoms with Crippen LogP contribution in [0.5, 0.6) is 0 Å². The van der Waals surface area contributed by atoms with E-state index in [2.05, 4.69) is 5.32 Å². The molecule has 0 radical (unpaired) electrons. The van der Waals surface area contributed by atoms with Crippen molar-refractivity contribution in [1.29, 1.82) is 5.41 Å². The van der Waals surface area contributed by atoms with Gasteiger partial charge in [0.2, 0.25) is 0 Å². The molecule has 10 heteroatoms. The summed E-state index contributed by atoms with van der Waals surface area (Å²) >= 11 is 6.37. The van der Waals surface area contributed by atoms with Crippen molar-refractivity contribution in [2.45, 2.75) is 25.2 Å². The number of nitrogens with zero attached hydrogens (tertiary/aromatic N) is 1. The number of methoxy groups -OCH3 is 1. The van der Waals surface area contributed by atoms with Gasteiger partial charge >= 0.3 is 12.1 Å². The number of amides is 2. The summed E-state index contributed by atoms with van der Waals surface area (Å²) in [5.74, 6) is -2.38. The number of hydrogen-bond donors (Lipinski definition) is 3. The van der Waals surface area contributed by atoms with E-state index in [-0.39, 0.29) is 48.0 Å². The molecule has 182 valence electrons. The smallest absolute Gasteiger partial charge is 0.409 e. The molecule has 1 fully saturated rings. The van der Waals surface area contributed by atoms with Crippen LogP contribution in [0.15, 0.2) is 47.7 Å². The van der Waals surface area contributed by atoms with Crippen molar-refractivity contribution in [1.82, 2.24) is 10.2 Å². The average Bonchev–Trinajstić information content (AvgIpc) is 3.68. The number of nitrogens with one attached hydrogen (secondary N) is 2. The molecule has 2 aliphatic rings. The van der Waals surface area contributed by atoms with Gasteiger partial charge < -0.3 is 20.1 Å². The van der Waals surface area contributed by atoms with Crippen molar-refractivity contribution in [3.05, 3.63) is 80.8 Å². The van der Waals surface area contributed by atoms with E-state index < -0.39 is 23.8 Å². The van der Waals surface area contributed by atoms with E-state index in [1.54, 1.807) is 12.1 Å². The second-order valence-corrected chi connectivity index (χ2v) is 8.81. The van der Waals surface area contributed by atoms with Crippen LogP contribution in [0.1, 0.15) is 57.0 Å². The van der Waals surface area contributed by atoms with Crippen molar-refractivity contribution < 1.29 is 28.6 Å². The van der Waals surface area contributed by atoms with Gasteiger partial charge in [0.1, 0.15) is 5.82 Å². The van der Waals surface area contributed by atoms with Crippen LogP contribution in [-0.2, 0) is 4.74 Å². The number of benzene rings is 2. The van der Waals surface area contributed by atoms with E-state index in [1.807, 2.05) is 6.07 Å². The Bertz CT molecular complexity index is 1270. The highest BCUT2D eigenvalue weighted by Crippen LogP contribution is 2.43. The standard InChI is InChI=1S/C25H23ClFN3O5/c1-35-25(34)30-10-9-17(22(28)16-8-7-14(24(32)33)11-19(16)27)20(12-30)29-23(31)21-15(13-5-6-13)3-2-4-18(21)26/h2-4,7-8,11,13,28H,5-6,9-10,12H2,1H3,(H,29,31)(H,32,33). The fraction of sp³-hybridized carbons (Fsp3) is 0.280. The van der Waals surface area contributed by atoms with Crippen LogP contribution >= 0.6 is 11.6 Å². The van der Waals surface area contributed by atoms with Crippen LogP contribution in [0.3, 0.4) is 0 Å². The van der Waals surface area contributed by atoms with Gasteiger partial charge in [0.25, 0.3) is 5.91 Å². The maximum atomic E-state index is 14.7. The molecule has 0 atom stereocenters. The molecule has 35 heavy (non-hydrogen) atoms. The molecular weight excluding hydrogens is 477 g/mol. The van der Waals surface area contributed by atoms with Crippen LogP contribution in [0.2, 0.25) is 5.02 Å². The number of carboxylic acid groups (broad SMARTS) is 1. The zero-order valence-electron chi connectivity index (χ0n) is 18.9. The Morgan fingerprint density at radius 1 is 1.23 bits per heavy atom. The van der Waals surface area contributed by atoms with Gasteiger partial charge in [-0.3, -0.25) is 10.2 Å². The first-order chi connectivity index (χ1) is 16.7. The Labute approximate surface area is 205 Å². The van der Waals surface area contributed by atoms with Crippen molar-refractivity contribution in [3.8, 4) is 0 Å². The van der Waals surface area contributed by atoms with E-state index in [1.165, 1.54) is 24.1 Å². The lowest BCUT2D eigenvalue weighted by Crippen LogP contribution is -2.43. The third-order valence-electron chi connectivity index (χ3n) is 6.12. The third kappa shape index (κ3) is 5.05. The first-order valence-corrected chi connectivity index (χ1v) is 11.4. The summed E-state index contributed by atoms with van der Waals surface area (Å²) in [4.78, 5) is 38.0. The summed E-state index contributed by atoms with van der Waals surface area (Å²) in [6.07, 6.45) is 1.47. The Morgan fingerprint density at radius 3 is 2.60 bits per heavy atom. The predicted octanol–water partition coefficient (Wildman–Crippen LogP) is 4.58. The molecule has 2 amide bonds. The molecule has 1 aliphatic carbocycles. The fourth-order valence-electron chi connectivity index (χ4n) is 4.17. The molecule has 4 rings (SSSR count). The van der Waals surface area contributed by atoms with Gasteiger partial charge in [-0.15, -0.1) is 0 Å². The molecule has 1 aliphatic heterocycles. The normalized spacial score (nSPS) is 15.6. The lowest BCUT2D eigenvalue weighted by molar-refractivity contribution is 0.0696. The molecule has 8 nitrogen and oxygen atoms in total. The van der Waals surface area contributed by atoms with Gasteiger partial charge in [-0.2, -0.15) is 0 Å². The lowest BCUT2D eigenvalue weighted by Gasteiger charge is -2.30. The SMILES string of the molecule is COC(=O)N1CCC(C(=N)c2ccc(C(=O)O)cc2F)=C(NC(=O)c2c(Cl)cccc2C2CC2)C1. The molecule has 1 saturated carbocycles. The molecule has 0 saturated heterocycles. The predicted molar refractivity (Wildman–Crippen MR) is 127 cm³/mol. The van der Waals surface area contributed by atoms with Crippen LogP contribution in [0.4, 0.5) is 9.18 Å². The Kier molecular flexibility index (Phi) is 6.88. The number of carbonyl (C=O) groups excluding carboxylic acids is 2.